The van der Waals surface area contributed by atoms with Gasteiger partial charge in [0.2, 0.25) is 0 Å². The van der Waals surface area contributed by atoms with Gasteiger partial charge in [0, 0.05) is 16.4 Å². The van der Waals surface area contributed by atoms with Crippen molar-refractivity contribution in [3.05, 3.63) is 57.0 Å². The summed E-state index contributed by atoms with van der Waals surface area (Å²) in [5.74, 6) is -1.26. The van der Waals surface area contributed by atoms with Crippen molar-refractivity contribution in [1.82, 2.24) is 5.32 Å². The zero-order valence-corrected chi connectivity index (χ0v) is 12.0. The summed E-state index contributed by atoms with van der Waals surface area (Å²) in [5, 5.41) is 14.3. The van der Waals surface area contributed by atoms with Gasteiger partial charge in [0.1, 0.15) is 5.82 Å². The first-order chi connectivity index (χ1) is 9.56. The molecule has 20 heavy (non-hydrogen) atoms. The van der Waals surface area contributed by atoms with E-state index in [1.54, 1.807) is 6.07 Å². The average molecular weight is 314 g/mol. The molecule has 0 saturated carbocycles. The van der Waals surface area contributed by atoms with Gasteiger partial charge in [0.15, 0.2) is 0 Å². The van der Waals surface area contributed by atoms with Crippen LogP contribution in [0.5, 0.6) is 0 Å². The van der Waals surface area contributed by atoms with Crippen molar-refractivity contribution >= 4 is 28.9 Å². The summed E-state index contributed by atoms with van der Waals surface area (Å²) in [7, 11) is 0. The van der Waals surface area contributed by atoms with Crippen molar-refractivity contribution < 1.29 is 14.3 Å². The van der Waals surface area contributed by atoms with Gasteiger partial charge < -0.3 is 10.4 Å². The second-order valence-electron chi connectivity index (χ2n) is 4.28. The number of carboxylic acid groups (broad SMARTS) is 1. The molecule has 3 nitrogen and oxygen atoms in total. The predicted molar refractivity (Wildman–Crippen MR) is 77.6 cm³/mol. The van der Waals surface area contributed by atoms with Crippen LogP contribution >= 0.6 is 22.9 Å². The van der Waals surface area contributed by atoms with Gasteiger partial charge >= 0.3 is 5.97 Å². The van der Waals surface area contributed by atoms with Crippen LogP contribution in [0.4, 0.5) is 4.39 Å². The zero-order chi connectivity index (χ0) is 14.5. The molecule has 0 radical (unpaired) electrons. The third-order valence-corrected chi connectivity index (χ3v) is 4.16. The topological polar surface area (TPSA) is 49.3 Å². The Morgan fingerprint density at radius 3 is 2.85 bits per heavy atom. The second kappa shape index (κ2) is 6.83. The monoisotopic (exact) mass is 313 g/mol. The number of halogens is 2. The van der Waals surface area contributed by atoms with Gasteiger partial charge in [-0.05, 0) is 29.1 Å². The Kier molecular flexibility index (Phi) is 5.11. The van der Waals surface area contributed by atoms with Gasteiger partial charge in [-0.15, -0.1) is 11.3 Å². The quantitative estimate of drug-likeness (QED) is 0.851. The van der Waals surface area contributed by atoms with Gasteiger partial charge in [0.25, 0.3) is 0 Å². The summed E-state index contributed by atoms with van der Waals surface area (Å²) >= 11 is 7.45. The van der Waals surface area contributed by atoms with E-state index in [0.29, 0.717) is 11.6 Å². The fraction of sp³-hybridized carbons (Fsp3) is 0.214. The summed E-state index contributed by atoms with van der Waals surface area (Å²) in [6.07, 6.45) is -0.0146. The lowest BCUT2D eigenvalue weighted by molar-refractivity contribution is -0.137. The van der Waals surface area contributed by atoms with Crippen LogP contribution in [0.3, 0.4) is 0 Å². The molecule has 0 aliphatic carbocycles. The van der Waals surface area contributed by atoms with Gasteiger partial charge in [0.05, 0.1) is 12.5 Å². The molecule has 2 rings (SSSR count). The first kappa shape index (κ1) is 15.0. The molecule has 1 heterocycles. The van der Waals surface area contributed by atoms with E-state index in [9.17, 15) is 9.18 Å². The van der Waals surface area contributed by atoms with E-state index < -0.39 is 5.97 Å². The first-order valence-electron chi connectivity index (χ1n) is 5.99. The SMILES string of the molecule is O=C(O)CC(NCc1ccc(F)cc1Cl)c1cccs1. The van der Waals surface area contributed by atoms with Gasteiger partial charge in [-0.1, -0.05) is 23.7 Å². The Hall–Kier alpha value is -1.43. The van der Waals surface area contributed by atoms with Crippen molar-refractivity contribution in [2.75, 3.05) is 0 Å². The van der Waals surface area contributed by atoms with Crippen molar-refractivity contribution in [2.24, 2.45) is 0 Å². The number of carboxylic acids is 1. The maximum Gasteiger partial charge on any atom is 0.305 e. The van der Waals surface area contributed by atoms with Crippen LogP contribution in [-0.2, 0) is 11.3 Å². The van der Waals surface area contributed by atoms with Crippen molar-refractivity contribution in [2.45, 2.75) is 19.0 Å². The maximum atomic E-state index is 13.0. The average Bonchev–Trinajstić information content (AvgIpc) is 2.89. The summed E-state index contributed by atoms with van der Waals surface area (Å²) < 4.78 is 13.0. The molecular formula is C14H13ClFNO2S. The van der Waals surface area contributed by atoms with Crippen LogP contribution < -0.4 is 5.32 Å². The normalized spacial score (nSPS) is 12.3. The number of hydrogen-bond acceptors (Lipinski definition) is 3. The van der Waals surface area contributed by atoms with Crippen LogP contribution in [0, 0.1) is 5.82 Å². The lowest BCUT2D eigenvalue weighted by Gasteiger charge is -2.16. The molecule has 0 aliphatic heterocycles. The molecule has 0 saturated heterocycles. The van der Waals surface area contributed by atoms with E-state index in [-0.39, 0.29) is 18.3 Å². The number of rotatable bonds is 6. The zero-order valence-electron chi connectivity index (χ0n) is 10.5. The molecule has 1 unspecified atom stereocenters. The summed E-state index contributed by atoms with van der Waals surface area (Å²) in [4.78, 5) is 11.9. The van der Waals surface area contributed by atoms with E-state index in [0.717, 1.165) is 10.4 Å². The van der Waals surface area contributed by atoms with Crippen LogP contribution in [0.25, 0.3) is 0 Å². The minimum atomic E-state index is -0.874. The number of carbonyl (C=O) groups is 1. The van der Waals surface area contributed by atoms with Crippen molar-refractivity contribution in [3.63, 3.8) is 0 Å². The predicted octanol–water partition coefficient (Wildman–Crippen LogP) is 3.85. The molecule has 0 aliphatic rings. The smallest absolute Gasteiger partial charge is 0.305 e. The van der Waals surface area contributed by atoms with Gasteiger partial charge in [-0.3, -0.25) is 4.79 Å². The number of thiophene rings is 1. The van der Waals surface area contributed by atoms with E-state index in [4.69, 9.17) is 16.7 Å². The molecule has 0 bridgehead atoms. The lowest BCUT2D eigenvalue weighted by atomic mass is 10.1. The summed E-state index contributed by atoms with van der Waals surface area (Å²) in [6, 6.07) is 7.65. The number of hydrogen-bond donors (Lipinski definition) is 2. The van der Waals surface area contributed by atoms with Crippen molar-refractivity contribution in [1.29, 1.82) is 0 Å². The minimum absolute atomic E-state index is 0.0146. The second-order valence-corrected chi connectivity index (χ2v) is 5.67. The Morgan fingerprint density at radius 2 is 2.25 bits per heavy atom. The molecule has 1 aromatic heterocycles. The molecule has 6 heteroatoms. The summed E-state index contributed by atoms with van der Waals surface area (Å²) in [6.45, 7) is 0.384. The third-order valence-electron chi connectivity index (χ3n) is 2.82. The van der Waals surface area contributed by atoms with E-state index in [1.165, 1.54) is 23.5 Å². The maximum absolute atomic E-state index is 13.0. The van der Waals surface area contributed by atoms with Crippen LogP contribution in [0.15, 0.2) is 35.7 Å². The highest BCUT2D eigenvalue weighted by atomic mass is 35.5. The number of benzene rings is 1. The summed E-state index contributed by atoms with van der Waals surface area (Å²) in [5.41, 5.74) is 0.736. The Balaban J connectivity index is 2.07. The number of aliphatic carboxylic acids is 1. The molecule has 2 aromatic rings. The Bertz CT molecular complexity index is 589. The molecule has 0 amide bonds. The third kappa shape index (κ3) is 4.03. The van der Waals surface area contributed by atoms with Crippen LogP contribution in [0.2, 0.25) is 5.02 Å². The largest absolute Gasteiger partial charge is 0.481 e. The highest BCUT2D eigenvalue weighted by Crippen LogP contribution is 2.24. The van der Waals surface area contributed by atoms with Gasteiger partial charge in [-0.25, -0.2) is 4.39 Å². The lowest BCUT2D eigenvalue weighted by Crippen LogP contribution is -2.23. The fourth-order valence-corrected chi connectivity index (χ4v) is 2.87. The Morgan fingerprint density at radius 1 is 1.45 bits per heavy atom. The molecule has 0 fully saturated rings. The number of nitrogens with one attached hydrogen (secondary N) is 1. The standard InChI is InChI=1S/C14H13ClFNO2S/c15-11-6-10(16)4-3-9(11)8-17-12(7-14(18)19)13-2-1-5-20-13/h1-6,12,17H,7-8H2,(H,18,19). The molecule has 1 atom stereocenters. The molecule has 0 spiro atoms. The van der Waals surface area contributed by atoms with E-state index >= 15 is 0 Å². The highest BCUT2D eigenvalue weighted by molar-refractivity contribution is 7.10. The molecule has 106 valence electrons. The molecule has 2 N–H and O–H groups in total. The molecule has 1 aromatic carbocycles. The van der Waals surface area contributed by atoms with Crippen molar-refractivity contribution in [3.8, 4) is 0 Å². The van der Waals surface area contributed by atoms with Gasteiger partial charge in [-0.2, -0.15) is 0 Å². The fourth-order valence-electron chi connectivity index (χ4n) is 1.84. The van der Waals surface area contributed by atoms with E-state index in [1.807, 2.05) is 17.5 Å². The molecular weight excluding hydrogens is 301 g/mol. The van der Waals surface area contributed by atoms with Crippen LogP contribution in [0.1, 0.15) is 22.9 Å². The van der Waals surface area contributed by atoms with Crippen LogP contribution in [-0.4, -0.2) is 11.1 Å². The minimum Gasteiger partial charge on any atom is -0.481 e. The highest BCUT2D eigenvalue weighted by Gasteiger charge is 2.16. The van der Waals surface area contributed by atoms with E-state index in [2.05, 4.69) is 5.32 Å². The first-order valence-corrected chi connectivity index (χ1v) is 7.24. The Labute approximate surface area is 125 Å².